The highest BCUT2D eigenvalue weighted by atomic mass is 19.1. The van der Waals surface area contributed by atoms with E-state index in [9.17, 15) is 9.18 Å². The lowest BCUT2D eigenvalue weighted by Crippen LogP contribution is -2.46. The Kier molecular flexibility index (Phi) is 3.74. The molecule has 0 radical (unpaired) electrons. The van der Waals surface area contributed by atoms with Crippen LogP contribution in [0.5, 0.6) is 0 Å². The van der Waals surface area contributed by atoms with Gasteiger partial charge in [0.15, 0.2) is 0 Å². The SMILES string of the molecule is O=C1CC[C@@H](CNC2(c3ccc(F)cc3)CCCC2)N1. The zero-order chi connectivity index (χ0) is 14.0. The van der Waals surface area contributed by atoms with Crippen molar-refractivity contribution in [1.29, 1.82) is 0 Å². The molecule has 1 saturated carbocycles. The summed E-state index contributed by atoms with van der Waals surface area (Å²) in [5.74, 6) is -0.0380. The highest BCUT2D eigenvalue weighted by Gasteiger charge is 2.36. The lowest BCUT2D eigenvalue weighted by molar-refractivity contribution is -0.119. The fourth-order valence-corrected chi connectivity index (χ4v) is 3.46. The van der Waals surface area contributed by atoms with E-state index in [4.69, 9.17) is 0 Å². The number of rotatable bonds is 4. The van der Waals surface area contributed by atoms with Crippen molar-refractivity contribution in [3.63, 3.8) is 0 Å². The van der Waals surface area contributed by atoms with Gasteiger partial charge >= 0.3 is 0 Å². The van der Waals surface area contributed by atoms with Crippen LogP contribution in [0, 0.1) is 5.82 Å². The first-order chi connectivity index (χ1) is 9.68. The largest absolute Gasteiger partial charge is 0.352 e. The van der Waals surface area contributed by atoms with Crippen LogP contribution in [0.25, 0.3) is 0 Å². The van der Waals surface area contributed by atoms with E-state index >= 15 is 0 Å². The summed E-state index contributed by atoms with van der Waals surface area (Å²) in [6, 6.07) is 7.09. The molecular weight excluding hydrogens is 255 g/mol. The van der Waals surface area contributed by atoms with E-state index in [-0.39, 0.29) is 23.3 Å². The van der Waals surface area contributed by atoms with Crippen molar-refractivity contribution in [2.45, 2.75) is 50.1 Å². The number of nitrogens with one attached hydrogen (secondary N) is 2. The quantitative estimate of drug-likeness (QED) is 0.887. The number of amides is 1. The molecule has 0 aromatic heterocycles. The third kappa shape index (κ3) is 2.70. The van der Waals surface area contributed by atoms with Crippen molar-refractivity contribution in [3.8, 4) is 0 Å². The molecule has 20 heavy (non-hydrogen) atoms. The Morgan fingerprint density at radius 3 is 2.55 bits per heavy atom. The summed E-state index contributed by atoms with van der Waals surface area (Å²) in [7, 11) is 0. The molecular formula is C16H21FN2O. The summed E-state index contributed by atoms with van der Waals surface area (Å²) < 4.78 is 13.1. The maximum Gasteiger partial charge on any atom is 0.220 e. The molecule has 1 saturated heterocycles. The summed E-state index contributed by atoms with van der Waals surface area (Å²) >= 11 is 0. The first kappa shape index (κ1) is 13.6. The van der Waals surface area contributed by atoms with Gasteiger partial charge in [-0.1, -0.05) is 25.0 Å². The molecule has 108 valence electrons. The van der Waals surface area contributed by atoms with E-state index in [1.165, 1.54) is 30.5 Å². The van der Waals surface area contributed by atoms with Crippen LogP contribution in [-0.2, 0) is 10.3 Å². The van der Waals surface area contributed by atoms with Gasteiger partial charge in [-0.05, 0) is 37.0 Å². The standard InChI is InChI=1S/C16H21FN2O/c17-13-5-3-12(4-6-13)16(9-1-2-10-16)18-11-14-7-8-15(20)19-14/h3-6,14,18H,1-2,7-11H2,(H,19,20)/t14-/m0/s1. The number of carbonyl (C=O) groups excluding carboxylic acids is 1. The molecule has 3 rings (SSSR count). The van der Waals surface area contributed by atoms with Crippen molar-refractivity contribution in [3.05, 3.63) is 35.6 Å². The van der Waals surface area contributed by atoms with Gasteiger partial charge in [0.2, 0.25) is 5.91 Å². The zero-order valence-electron chi connectivity index (χ0n) is 11.6. The van der Waals surface area contributed by atoms with Gasteiger partial charge in [0.1, 0.15) is 5.82 Å². The molecule has 3 nitrogen and oxygen atoms in total. The first-order valence-electron chi connectivity index (χ1n) is 7.48. The topological polar surface area (TPSA) is 41.1 Å². The lowest BCUT2D eigenvalue weighted by atomic mass is 9.88. The second-order valence-corrected chi connectivity index (χ2v) is 5.98. The van der Waals surface area contributed by atoms with Crippen LogP contribution in [0.2, 0.25) is 0 Å². The minimum atomic E-state index is -0.190. The number of halogens is 1. The van der Waals surface area contributed by atoms with Crippen LogP contribution < -0.4 is 10.6 Å². The van der Waals surface area contributed by atoms with Crippen LogP contribution >= 0.6 is 0 Å². The molecule has 1 aromatic rings. The monoisotopic (exact) mass is 276 g/mol. The lowest BCUT2D eigenvalue weighted by Gasteiger charge is -2.32. The molecule has 1 aromatic carbocycles. The number of hydrogen-bond acceptors (Lipinski definition) is 2. The molecule has 1 aliphatic carbocycles. The van der Waals surface area contributed by atoms with E-state index in [0.717, 1.165) is 25.8 Å². The molecule has 1 heterocycles. The molecule has 2 N–H and O–H groups in total. The highest BCUT2D eigenvalue weighted by molar-refractivity contribution is 5.78. The van der Waals surface area contributed by atoms with Gasteiger partial charge in [-0.2, -0.15) is 0 Å². The molecule has 0 bridgehead atoms. The predicted molar refractivity (Wildman–Crippen MR) is 75.7 cm³/mol. The van der Waals surface area contributed by atoms with Crippen LogP contribution in [0.1, 0.15) is 44.1 Å². The predicted octanol–water partition coefficient (Wildman–Crippen LogP) is 2.46. The fourth-order valence-electron chi connectivity index (χ4n) is 3.46. The van der Waals surface area contributed by atoms with Gasteiger partial charge in [-0.25, -0.2) is 4.39 Å². The van der Waals surface area contributed by atoms with Gasteiger partial charge < -0.3 is 10.6 Å². The van der Waals surface area contributed by atoms with Crippen molar-refractivity contribution < 1.29 is 9.18 Å². The Morgan fingerprint density at radius 2 is 1.95 bits per heavy atom. The van der Waals surface area contributed by atoms with Gasteiger partial charge in [-0.15, -0.1) is 0 Å². The van der Waals surface area contributed by atoms with Gasteiger partial charge in [0.25, 0.3) is 0 Å². The summed E-state index contributed by atoms with van der Waals surface area (Å²) in [6.07, 6.45) is 6.10. The third-order valence-electron chi connectivity index (χ3n) is 4.63. The molecule has 4 heteroatoms. The van der Waals surface area contributed by atoms with Crippen LogP contribution in [-0.4, -0.2) is 18.5 Å². The average Bonchev–Trinajstić information content (AvgIpc) is 3.07. The van der Waals surface area contributed by atoms with Crippen LogP contribution in [0.15, 0.2) is 24.3 Å². The van der Waals surface area contributed by atoms with Crippen molar-refractivity contribution in [2.24, 2.45) is 0 Å². The Balaban J connectivity index is 1.71. The molecule has 0 spiro atoms. The zero-order valence-corrected chi connectivity index (χ0v) is 11.6. The minimum Gasteiger partial charge on any atom is -0.352 e. The van der Waals surface area contributed by atoms with E-state index in [2.05, 4.69) is 10.6 Å². The van der Waals surface area contributed by atoms with E-state index in [0.29, 0.717) is 6.42 Å². The number of benzene rings is 1. The molecule has 2 aliphatic rings. The van der Waals surface area contributed by atoms with Crippen molar-refractivity contribution >= 4 is 5.91 Å². The van der Waals surface area contributed by atoms with Crippen molar-refractivity contribution in [2.75, 3.05) is 6.54 Å². The highest BCUT2D eigenvalue weighted by Crippen LogP contribution is 2.38. The Bertz CT molecular complexity index is 480. The summed E-state index contributed by atoms with van der Waals surface area (Å²) in [5.41, 5.74) is 1.13. The normalized spacial score (nSPS) is 24.9. The number of carbonyl (C=O) groups is 1. The van der Waals surface area contributed by atoms with E-state index in [1.807, 2.05) is 12.1 Å². The van der Waals surface area contributed by atoms with E-state index < -0.39 is 0 Å². The molecule has 1 amide bonds. The van der Waals surface area contributed by atoms with Gasteiger partial charge in [-0.3, -0.25) is 4.79 Å². The maximum absolute atomic E-state index is 13.1. The number of hydrogen-bond donors (Lipinski definition) is 2. The fraction of sp³-hybridized carbons (Fsp3) is 0.562. The summed E-state index contributed by atoms with van der Waals surface area (Å²) in [6.45, 7) is 0.795. The molecule has 1 aliphatic heterocycles. The third-order valence-corrected chi connectivity index (χ3v) is 4.63. The second kappa shape index (κ2) is 5.52. The van der Waals surface area contributed by atoms with Gasteiger partial charge in [0.05, 0.1) is 0 Å². The van der Waals surface area contributed by atoms with Gasteiger partial charge in [0, 0.05) is 24.5 Å². The second-order valence-electron chi connectivity index (χ2n) is 5.98. The molecule has 2 fully saturated rings. The minimum absolute atomic E-state index is 0.0407. The summed E-state index contributed by atoms with van der Waals surface area (Å²) in [4.78, 5) is 11.3. The van der Waals surface area contributed by atoms with Crippen molar-refractivity contribution in [1.82, 2.24) is 10.6 Å². The Hall–Kier alpha value is -1.42. The Labute approximate surface area is 118 Å². The Morgan fingerprint density at radius 1 is 1.25 bits per heavy atom. The molecule has 0 unspecified atom stereocenters. The van der Waals surface area contributed by atoms with Crippen LogP contribution in [0.3, 0.4) is 0 Å². The smallest absolute Gasteiger partial charge is 0.220 e. The summed E-state index contributed by atoms with van der Waals surface area (Å²) in [5, 5.41) is 6.65. The first-order valence-corrected chi connectivity index (χ1v) is 7.48. The van der Waals surface area contributed by atoms with Crippen LogP contribution in [0.4, 0.5) is 4.39 Å². The molecule has 1 atom stereocenters. The van der Waals surface area contributed by atoms with E-state index in [1.54, 1.807) is 0 Å². The maximum atomic E-state index is 13.1. The average molecular weight is 276 g/mol.